The molecule has 2 aliphatic rings. The third-order valence-corrected chi connectivity index (χ3v) is 5.98. The van der Waals surface area contributed by atoms with Gasteiger partial charge in [-0.15, -0.1) is 0 Å². The van der Waals surface area contributed by atoms with Crippen LogP contribution in [0.3, 0.4) is 0 Å². The SMILES string of the molecule is C[Si]Nc1cccc(C2CCCCC2)c1C1CCCCC1. The Hall–Kier alpha value is -0.763. The Morgan fingerprint density at radius 2 is 1.48 bits per heavy atom. The highest BCUT2D eigenvalue weighted by molar-refractivity contribution is 6.38. The molecule has 0 bridgehead atoms. The minimum atomic E-state index is 0.801. The molecule has 0 aromatic heterocycles. The van der Waals surface area contributed by atoms with Crippen molar-refractivity contribution in [3.8, 4) is 0 Å². The summed E-state index contributed by atoms with van der Waals surface area (Å²) < 4.78 is 0. The Morgan fingerprint density at radius 1 is 0.857 bits per heavy atom. The maximum absolute atomic E-state index is 3.68. The van der Waals surface area contributed by atoms with Gasteiger partial charge in [0.1, 0.15) is 0 Å². The highest BCUT2D eigenvalue weighted by Gasteiger charge is 2.25. The summed E-state index contributed by atoms with van der Waals surface area (Å²) in [5.41, 5.74) is 4.86. The molecular weight excluding hydrogens is 270 g/mol. The lowest BCUT2D eigenvalue weighted by molar-refractivity contribution is 0.419. The quantitative estimate of drug-likeness (QED) is 0.686. The van der Waals surface area contributed by atoms with Crippen LogP contribution in [0.1, 0.15) is 87.2 Å². The third-order valence-electron chi connectivity index (χ3n) is 5.46. The van der Waals surface area contributed by atoms with Gasteiger partial charge < -0.3 is 4.98 Å². The van der Waals surface area contributed by atoms with Crippen molar-refractivity contribution in [2.24, 2.45) is 0 Å². The minimum Gasteiger partial charge on any atom is -0.411 e. The van der Waals surface area contributed by atoms with Crippen molar-refractivity contribution in [1.82, 2.24) is 0 Å². The molecule has 0 saturated heterocycles. The number of hydrogen-bond acceptors (Lipinski definition) is 1. The van der Waals surface area contributed by atoms with Crippen molar-refractivity contribution in [3.63, 3.8) is 0 Å². The Balaban J connectivity index is 1.94. The zero-order valence-electron chi connectivity index (χ0n) is 13.5. The summed E-state index contributed by atoms with van der Waals surface area (Å²) in [7, 11) is 0.801. The summed E-state index contributed by atoms with van der Waals surface area (Å²) in [5, 5.41) is 0. The second-order valence-corrected chi connectivity index (χ2v) is 7.60. The van der Waals surface area contributed by atoms with E-state index in [1.807, 2.05) is 0 Å². The molecular formula is C19H29NSi. The van der Waals surface area contributed by atoms with E-state index in [0.29, 0.717) is 0 Å². The molecule has 2 fully saturated rings. The number of hydrogen-bond donors (Lipinski definition) is 1. The monoisotopic (exact) mass is 299 g/mol. The van der Waals surface area contributed by atoms with Gasteiger partial charge in [0.25, 0.3) is 0 Å². The van der Waals surface area contributed by atoms with Crippen LogP contribution in [0.4, 0.5) is 5.69 Å². The van der Waals surface area contributed by atoms with E-state index in [4.69, 9.17) is 0 Å². The fourth-order valence-electron chi connectivity index (χ4n) is 4.44. The summed E-state index contributed by atoms with van der Waals surface area (Å²) in [4.78, 5) is 3.68. The molecule has 1 aromatic rings. The Kier molecular flexibility index (Phi) is 5.40. The van der Waals surface area contributed by atoms with Crippen molar-refractivity contribution < 1.29 is 0 Å². The first kappa shape index (κ1) is 15.1. The molecule has 2 aliphatic carbocycles. The summed E-state index contributed by atoms with van der Waals surface area (Å²) in [6, 6.07) is 7.06. The number of rotatable bonds is 4. The molecule has 3 rings (SSSR count). The predicted octanol–water partition coefficient (Wildman–Crippen LogP) is 5.86. The highest BCUT2D eigenvalue weighted by atomic mass is 28.2. The predicted molar refractivity (Wildman–Crippen MR) is 93.3 cm³/mol. The van der Waals surface area contributed by atoms with Crippen molar-refractivity contribution >= 4 is 15.4 Å². The van der Waals surface area contributed by atoms with E-state index in [1.165, 1.54) is 69.9 Å². The van der Waals surface area contributed by atoms with Gasteiger partial charge in [0.15, 0.2) is 9.68 Å². The van der Waals surface area contributed by atoms with Gasteiger partial charge in [-0.2, -0.15) is 0 Å². The molecule has 0 heterocycles. The summed E-state index contributed by atoms with van der Waals surface area (Å²) in [6.07, 6.45) is 14.3. The average molecular weight is 300 g/mol. The van der Waals surface area contributed by atoms with Crippen LogP contribution < -0.4 is 4.98 Å². The molecule has 2 radical (unpaired) electrons. The maximum atomic E-state index is 3.68. The second kappa shape index (κ2) is 7.48. The van der Waals surface area contributed by atoms with Gasteiger partial charge in [0.05, 0.1) is 0 Å². The highest BCUT2D eigenvalue weighted by Crippen LogP contribution is 2.43. The molecule has 1 N–H and O–H groups in total. The Morgan fingerprint density at radius 3 is 2.10 bits per heavy atom. The van der Waals surface area contributed by atoms with Crippen LogP contribution in [0, 0.1) is 0 Å². The van der Waals surface area contributed by atoms with Crippen LogP contribution in [0.15, 0.2) is 18.2 Å². The lowest BCUT2D eigenvalue weighted by atomic mass is 9.75. The van der Waals surface area contributed by atoms with Gasteiger partial charge in [0.2, 0.25) is 0 Å². The van der Waals surface area contributed by atoms with Crippen molar-refractivity contribution in [2.45, 2.75) is 82.6 Å². The molecule has 0 atom stereocenters. The molecule has 2 saturated carbocycles. The van der Waals surface area contributed by atoms with Crippen molar-refractivity contribution in [1.29, 1.82) is 0 Å². The molecule has 2 heteroatoms. The van der Waals surface area contributed by atoms with E-state index in [2.05, 4.69) is 29.7 Å². The number of anilines is 1. The van der Waals surface area contributed by atoms with Crippen LogP contribution in [0.2, 0.25) is 6.55 Å². The molecule has 0 unspecified atom stereocenters. The zero-order chi connectivity index (χ0) is 14.5. The van der Waals surface area contributed by atoms with E-state index in [0.717, 1.165) is 21.5 Å². The lowest BCUT2D eigenvalue weighted by Gasteiger charge is -2.31. The van der Waals surface area contributed by atoms with Gasteiger partial charge in [-0.25, -0.2) is 0 Å². The first-order valence-corrected chi connectivity index (χ1v) is 10.5. The normalized spacial score (nSPS) is 21.4. The fourth-order valence-corrected chi connectivity index (χ4v) is 4.93. The van der Waals surface area contributed by atoms with E-state index < -0.39 is 0 Å². The van der Waals surface area contributed by atoms with E-state index in [-0.39, 0.29) is 0 Å². The second-order valence-electron chi connectivity index (χ2n) is 6.85. The van der Waals surface area contributed by atoms with Crippen LogP contribution in [0.25, 0.3) is 0 Å². The summed E-state index contributed by atoms with van der Waals surface area (Å²) in [5.74, 6) is 1.65. The van der Waals surface area contributed by atoms with Gasteiger partial charge >= 0.3 is 0 Å². The lowest BCUT2D eigenvalue weighted by Crippen LogP contribution is -2.15. The van der Waals surface area contributed by atoms with E-state index in [1.54, 1.807) is 11.1 Å². The van der Waals surface area contributed by atoms with Crippen molar-refractivity contribution in [2.75, 3.05) is 4.98 Å². The number of benzene rings is 1. The topological polar surface area (TPSA) is 12.0 Å². The summed E-state index contributed by atoms with van der Waals surface area (Å²) in [6.45, 7) is 2.25. The van der Waals surface area contributed by atoms with Gasteiger partial charge in [-0.1, -0.05) is 57.2 Å². The molecule has 0 aliphatic heterocycles. The van der Waals surface area contributed by atoms with Crippen LogP contribution in [0.5, 0.6) is 0 Å². The van der Waals surface area contributed by atoms with Crippen molar-refractivity contribution in [3.05, 3.63) is 29.3 Å². The smallest absolute Gasteiger partial charge is 0.174 e. The first-order valence-electron chi connectivity index (χ1n) is 8.95. The standard InChI is InChI=1S/C19H29NSi/c1-21-20-18-14-8-13-17(15-9-4-2-5-10-15)19(18)16-11-6-3-7-12-16/h8,13-16,20H,2-7,9-12H2,1H3. The Labute approximate surface area is 132 Å². The first-order chi connectivity index (χ1) is 10.4. The van der Waals surface area contributed by atoms with E-state index >= 15 is 0 Å². The molecule has 1 aromatic carbocycles. The molecule has 21 heavy (non-hydrogen) atoms. The van der Waals surface area contributed by atoms with Crippen LogP contribution in [-0.4, -0.2) is 9.68 Å². The van der Waals surface area contributed by atoms with E-state index in [9.17, 15) is 0 Å². The maximum Gasteiger partial charge on any atom is 0.174 e. The third kappa shape index (κ3) is 3.53. The van der Waals surface area contributed by atoms with Crippen LogP contribution in [-0.2, 0) is 0 Å². The van der Waals surface area contributed by atoms with Gasteiger partial charge in [-0.05, 0) is 54.7 Å². The molecule has 1 nitrogen and oxygen atoms in total. The Bertz CT molecular complexity index is 445. The molecule has 0 spiro atoms. The number of nitrogens with one attached hydrogen (secondary N) is 1. The minimum absolute atomic E-state index is 0.801. The van der Waals surface area contributed by atoms with Gasteiger partial charge in [0, 0.05) is 5.69 Å². The largest absolute Gasteiger partial charge is 0.411 e. The molecule has 0 amide bonds. The average Bonchev–Trinajstić information content (AvgIpc) is 2.56. The summed E-state index contributed by atoms with van der Waals surface area (Å²) >= 11 is 0. The fraction of sp³-hybridized carbons (Fsp3) is 0.684. The zero-order valence-corrected chi connectivity index (χ0v) is 14.5. The van der Waals surface area contributed by atoms with Crippen LogP contribution >= 0.6 is 0 Å². The van der Waals surface area contributed by atoms with Gasteiger partial charge in [-0.3, -0.25) is 0 Å². The molecule has 114 valence electrons.